The first-order valence-corrected chi connectivity index (χ1v) is 7.74. The predicted octanol–water partition coefficient (Wildman–Crippen LogP) is 1.17. The Kier molecular flexibility index (Phi) is 2.98. The van der Waals surface area contributed by atoms with Crippen molar-refractivity contribution in [2.45, 2.75) is 18.4 Å². The Balaban J connectivity index is 2.03. The van der Waals surface area contributed by atoms with Crippen molar-refractivity contribution < 1.29 is 18.3 Å². The van der Waals surface area contributed by atoms with E-state index in [0.29, 0.717) is 24.5 Å². The number of nitrogens with zero attached hydrogens (tertiary/aromatic N) is 2. The first-order valence-electron chi connectivity index (χ1n) is 6.30. The van der Waals surface area contributed by atoms with E-state index in [-0.39, 0.29) is 10.6 Å². The first-order chi connectivity index (χ1) is 9.89. The SMILES string of the molecule is Cc1ncc(S(=O)(=O)N2CCc3cc(C(=O)O)ccc32)[nH]1. The normalized spacial score (nSPS) is 14.2. The highest BCUT2D eigenvalue weighted by molar-refractivity contribution is 7.92. The molecule has 0 saturated heterocycles. The summed E-state index contributed by atoms with van der Waals surface area (Å²) in [7, 11) is -3.70. The number of hydrogen-bond acceptors (Lipinski definition) is 4. The number of nitrogens with one attached hydrogen (secondary N) is 1. The van der Waals surface area contributed by atoms with Crippen molar-refractivity contribution in [1.29, 1.82) is 0 Å². The van der Waals surface area contributed by atoms with Gasteiger partial charge in [-0.05, 0) is 37.1 Å². The minimum absolute atomic E-state index is 0.0372. The van der Waals surface area contributed by atoms with Crippen molar-refractivity contribution >= 4 is 21.7 Å². The van der Waals surface area contributed by atoms with Crippen LogP contribution in [0.4, 0.5) is 5.69 Å². The van der Waals surface area contributed by atoms with Crippen LogP contribution in [0.3, 0.4) is 0 Å². The number of aromatic carboxylic acids is 1. The van der Waals surface area contributed by atoms with Gasteiger partial charge in [0.25, 0.3) is 10.0 Å². The van der Waals surface area contributed by atoms with Gasteiger partial charge in [0.2, 0.25) is 0 Å². The molecule has 0 radical (unpaired) electrons. The Labute approximate surface area is 121 Å². The first kappa shape index (κ1) is 13.6. The maximum Gasteiger partial charge on any atom is 0.335 e. The molecular formula is C13H13N3O4S. The number of anilines is 1. The summed E-state index contributed by atoms with van der Waals surface area (Å²) in [4.78, 5) is 17.6. The highest BCUT2D eigenvalue weighted by Gasteiger charge is 2.32. The van der Waals surface area contributed by atoms with Gasteiger partial charge < -0.3 is 10.1 Å². The van der Waals surface area contributed by atoms with E-state index >= 15 is 0 Å². The number of aromatic amines is 1. The molecule has 110 valence electrons. The molecular weight excluding hydrogens is 294 g/mol. The van der Waals surface area contributed by atoms with E-state index in [9.17, 15) is 13.2 Å². The zero-order valence-corrected chi connectivity index (χ0v) is 12.0. The molecule has 0 saturated carbocycles. The number of carbonyl (C=O) groups is 1. The minimum atomic E-state index is -3.70. The zero-order chi connectivity index (χ0) is 15.2. The van der Waals surface area contributed by atoms with E-state index in [1.54, 1.807) is 6.92 Å². The fourth-order valence-electron chi connectivity index (χ4n) is 2.40. The number of imidazole rings is 1. The van der Waals surface area contributed by atoms with Gasteiger partial charge in [-0.15, -0.1) is 0 Å². The maximum atomic E-state index is 12.6. The number of carboxylic acids is 1. The lowest BCUT2D eigenvalue weighted by molar-refractivity contribution is 0.0697. The predicted molar refractivity (Wildman–Crippen MR) is 75.0 cm³/mol. The molecule has 7 nitrogen and oxygen atoms in total. The summed E-state index contributed by atoms with van der Waals surface area (Å²) in [6.07, 6.45) is 1.77. The Morgan fingerprint density at radius 1 is 1.43 bits per heavy atom. The average molecular weight is 307 g/mol. The van der Waals surface area contributed by atoms with Gasteiger partial charge in [0.15, 0.2) is 5.03 Å². The number of aryl methyl sites for hydroxylation is 1. The lowest BCUT2D eigenvalue weighted by Crippen LogP contribution is -2.29. The van der Waals surface area contributed by atoms with Crippen LogP contribution in [0.1, 0.15) is 21.7 Å². The molecule has 0 amide bonds. The largest absolute Gasteiger partial charge is 0.478 e. The van der Waals surface area contributed by atoms with E-state index < -0.39 is 16.0 Å². The lowest BCUT2D eigenvalue weighted by Gasteiger charge is -2.18. The van der Waals surface area contributed by atoms with E-state index in [2.05, 4.69) is 9.97 Å². The summed E-state index contributed by atoms with van der Waals surface area (Å²) in [5.74, 6) is -0.502. The molecule has 1 aromatic heterocycles. The highest BCUT2D eigenvalue weighted by Crippen LogP contribution is 2.33. The fraction of sp³-hybridized carbons (Fsp3) is 0.231. The summed E-state index contributed by atoms with van der Waals surface area (Å²) in [5.41, 5.74) is 1.40. The molecule has 0 unspecified atom stereocenters. The zero-order valence-electron chi connectivity index (χ0n) is 11.2. The van der Waals surface area contributed by atoms with Crippen molar-refractivity contribution in [2.24, 2.45) is 0 Å². The number of carboxylic acid groups (broad SMARTS) is 1. The van der Waals surface area contributed by atoms with Gasteiger partial charge in [-0.1, -0.05) is 0 Å². The molecule has 0 spiro atoms. The number of H-pyrrole nitrogens is 1. The smallest absolute Gasteiger partial charge is 0.335 e. The Bertz CT molecular complexity index is 826. The quantitative estimate of drug-likeness (QED) is 0.886. The van der Waals surface area contributed by atoms with Gasteiger partial charge >= 0.3 is 5.97 Å². The van der Waals surface area contributed by atoms with Gasteiger partial charge in [-0.3, -0.25) is 4.31 Å². The molecule has 1 aliphatic rings. The second kappa shape index (κ2) is 4.59. The van der Waals surface area contributed by atoms with Gasteiger partial charge in [-0.2, -0.15) is 8.42 Å². The van der Waals surface area contributed by atoms with Crippen molar-refractivity contribution in [1.82, 2.24) is 9.97 Å². The lowest BCUT2D eigenvalue weighted by atomic mass is 10.1. The molecule has 8 heteroatoms. The molecule has 1 aromatic carbocycles. The van der Waals surface area contributed by atoms with Crippen LogP contribution in [-0.4, -0.2) is 36.0 Å². The van der Waals surface area contributed by atoms with E-state index in [1.165, 1.54) is 28.7 Å². The molecule has 0 atom stereocenters. The van der Waals surface area contributed by atoms with Gasteiger partial charge in [0.05, 0.1) is 17.4 Å². The summed E-state index contributed by atoms with van der Waals surface area (Å²) < 4.78 is 26.4. The highest BCUT2D eigenvalue weighted by atomic mass is 32.2. The summed E-state index contributed by atoms with van der Waals surface area (Å²) in [5, 5.41) is 9.01. The van der Waals surface area contributed by atoms with Gasteiger partial charge in [-0.25, -0.2) is 9.78 Å². The summed E-state index contributed by atoms with van der Waals surface area (Å²) >= 11 is 0. The molecule has 0 aliphatic carbocycles. The van der Waals surface area contributed by atoms with E-state index in [0.717, 1.165) is 5.56 Å². The standard InChI is InChI=1S/C13H13N3O4S/c1-8-14-7-12(15-8)21(19,20)16-5-4-9-6-10(13(17)18)2-3-11(9)16/h2-3,6-7H,4-5H2,1H3,(H,14,15)(H,17,18). The van der Waals surface area contributed by atoms with Crippen LogP contribution in [-0.2, 0) is 16.4 Å². The number of hydrogen-bond donors (Lipinski definition) is 2. The molecule has 0 bridgehead atoms. The monoisotopic (exact) mass is 307 g/mol. The van der Waals surface area contributed by atoms with Crippen LogP contribution < -0.4 is 4.31 Å². The Morgan fingerprint density at radius 3 is 2.81 bits per heavy atom. The number of benzene rings is 1. The number of sulfonamides is 1. The molecule has 21 heavy (non-hydrogen) atoms. The van der Waals surface area contributed by atoms with E-state index in [4.69, 9.17) is 5.11 Å². The number of aromatic nitrogens is 2. The Morgan fingerprint density at radius 2 is 2.19 bits per heavy atom. The second-order valence-electron chi connectivity index (χ2n) is 4.81. The molecule has 2 aromatic rings. The molecule has 1 aliphatic heterocycles. The van der Waals surface area contributed by atoms with Crippen molar-refractivity contribution in [3.8, 4) is 0 Å². The van der Waals surface area contributed by atoms with E-state index in [1.807, 2.05) is 0 Å². The average Bonchev–Trinajstić information content (AvgIpc) is 3.04. The van der Waals surface area contributed by atoms with Gasteiger partial charge in [0.1, 0.15) is 5.82 Å². The number of fused-ring (bicyclic) bond motifs is 1. The maximum absolute atomic E-state index is 12.6. The molecule has 2 heterocycles. The third kappa shape index (κ3) is 2.17. The van der Waals surface area contributed by atoms with Crippen LogP contribution >= 0.6 is 0 Å². The molecule has 0 fully saturated rings. The van der Waals surface area contributed by atoms with Crippen LogP contribution in [0.5, 0.6) is 0 Å². The number of rotatable bonds is 3. The second-order valence-corrected chi connectivity index (χ2v) is 6.64. The van der Waals surface area contributed by atoms with Crippen LogP contribution in [0, 0.1) is 6.92 Å². The topological polar surface area (TPSA) is 103 Å². The Hall–Kier alpha value is -2.35. The van der Waals surface area contributed by atoms with Crippen LogP contribution in [0.15, 0.2) is 29.4 Å². The summed E-state index contributed by atoms with van der Waals surface area (Å²) in [6.45, 7) is 1.97. The van der Waals surface area contributed by atoms with Crippen molar-refractivity contribution in [3.05, 3.63) is 41.3 Å². The van der Waals surface area contributed by atoms with Crippen LogP contribution in [0.2, 0.25) is 0 Å². The minimum Gasteiger partial charge on any atom is -0.478 e. The van der Waals surface area contributed by atoms with Crippen LogP contribution in [0.25, 0.3) is 0 Å². The third-order valence-electron chi connectivity index (χ3n) is 3.43. The summed E-state index contributed by atoms with van der Waals surface area (Å²) in [6, 6.07) is 4.46. The molecule has 3 rings (SSSR count). The van der Waals surface area contributed by atoms with Crippen molar-refractivity contribution in [2.75, 3.05) is 10.8 Å². The fourth-order valence-corrected chi connectivity index (χ4v) is 3.87. The third-order valence-corrected chi connectivity index (χ3v) is 5.15. The van der Waals surface area contributed by atoms with Crippen molar-refractivity contribution in [3.63, 3.8) is 0 Å². The molecule has 2 N–H and O–H groups in total. The van der Waals surface area contributed by atoms with Gasteiger partial charge in [0, 0.05) is 6.54 Å².